The second-order valence-corrected chi connectivity index (χ2v) is 8.73. The molecular weight excluding hydrogens is 400 g/mol. The molecule has 0 aliphatic carbocycles. The Labute approximate surface area is 191 Å². The Kier molecular flexibility index (Phi) is 3.80. The summed E-state index contributed by atoms with van der Waals surface area (Å²) in [4.78, 5) is 0. The number of nitrogens with zero attached hydrogens (tertiary/aromatic N) is 2. The van der Waals surface area contributed by atoms with Gasteiger partial charge in [-0.05, 0) is 53.6 Å². The van der Waals surface area contributed by atoms with Crippen LogP contribution in [0.5, 0.6) is 0 Å². The Hall–Kier alpha value is -4.30. The van der Waals surface area contributed by atoms with Crippen LogP contribution in [0.2, 0.25) is 0 Å². The van der Waals surface area contributed by atoms with E-state index in [1.54, 1.807) is 0 Å². The first kappa shape index (κ1) is 18.3. The molecule has 7 aromatic rings. The predicted octanol–water partition coefficient (Wildman–Crippen LogP) is 8.10. The number of para-hydroxylation sites is 2. The van der Waals surface area contributed by atoms with Crippen molar-refractivity contribution in [1.29, 1.82) is 0 Å². The van der Waals surface area contributed by atoms with Crippen LogP contribution in [0.25, 0.3) is 60.4 Å². The summed E-state index contributed by atoms with van der Waals surface area (Å²) in [6.45, 7) is 0. The zero-order chi connectivity index (χ0) is 21.9. The average Bonchev–Trinajstić information content (AvgIpc) is 3.35. The normalized spacial score (nSPS) is 11.8. The molecule has 0 spiro atoms. The fraction of sp³-hybridized carbons (Fsp3) is 0.0323. The van der Waals surface area contributed by atoms with Crippen molar-refractivity contribution in [3.8, 4) is 16.8 Å². The molecule has 0 radical (unpaired) electrons. The third kappa shape index (κ3) is 2.61. The van der Waals surface area contributed by atoms with E-state index < -0.39 is 0 Å². The van der Waals surface area contributed by atoms with E-state index in [1.165, 1.54) is 60.4 Å². The summed E-state index contributed by atoms with van der Waals surface area (Å²) in [6.07, 6.45) is 0. The monoisotopic (exact) mass is 422 g/mol. The lowest BCUT2D eigenvalue weighted by Crippen LogP contribution is -1.93. The quantitative estimate of drug-likeness (QED) is 0.266. The molecule has 2 aromatic heterocycles. The van der Waals surface area contributed by atoms with E-state index in [0.717, 1.165) is 0 Å². The molecule has 0 bridgehead atoms. The number of benzene rings is 5. The van der Waals surface area contributed by atoms with E-state index in [0.29, 0.717) is 0 Å². The highest BCUT2D eigenvalue weighted by Crippen LogP contribution is 2.38. The van der Waals surface area contributed by atoms with E-state index in [1.807, 2.05) is 0 Å². The molecule has 2 heteroatoms. The number of fused-ring (bicyclic) bond motifs is 6. The van der Waals surface area contributed by atoms with Gasteiger partial charge in [-0.15, -0.1) is 0 Å². The summed E-state index contributed by atoms with van der Waals surface area (Å²) in [7, 11) is 2.18. The molecule has 2 heterocycles. The molecule has 5 aromatic carbocycles. The Balaban J connectivity index is 1.62. The molecule has 0 aliphatic heterocycles. The van der Waals surface area contributed by atoms with E-state index >= 15 is 0 Å². The van der Waals surface area contributed by atoms with Crippen LogP contribution in [0.15, 0.2) is 115 Å². The van der Waals surface area contributed by atoms with Gasteiger partial charge in [0.15, 0.2) is 0 Å². The lowest BCUT2D eigenvalue weighted by atomic mass is 10.0. The minimum atomic E-state index is 1.19. The van der Waals surface area contributed by atoms with E-state index in [-0.39, 0.29) is 0 Å². The highest BCUT2D eigenvalue weighted by Gasteiger charge is 2.16. The van der Waals surface area contributed by atoms with Crippen molar-refractivity contribution in [2.24, 2.45) is 7.05 Å². The van der Waals surface area contributed by atoms with Gasteiger partial charge in [0, 0.05) is 45.3 Å². The van der Waals surface area contributed by atoms with Crippen LogP contribution >= 0.6 is 0 Å². The SMILES string of the molecule is Cn1c2ccc(-c3ccccc3)cc2c2cc3c(cc21)c1ccccc1n3-c1ccccc1. The van der Waals surface area contributed by atoms with Crippen molar-refractivity contribution in [1.82, 2.24) is 9.13 Å². The second-order valence-electron chi connectivity index (χ2n) is 8.73. The molecule has 0 atom stereocenters. The predicted molar refractivity (Wildman–Crippen MR) is 140 cm³/mol. The van der Waals surface area contributed by atoms with Crippen molar-refractivity contribution in [3.05, 3.63) is 115 Å². The smallest absolute Gasteiger partial charge is 0.0548 e. The lowest BCUT2D eigenvalue weighted by Gasteiger charge is -2.07. The molecule has 0 unspecified atom stereocenters. The third-order valence-corrected chi connectivity index (χ3v) is 6.92. The second kappa shape index (κ2) is 6.85. The van der Waals surface area contributed by atoms with E-state index in [2.05, 4.69) is 131 Å². The standard InChI is InChI=1S/C31H22N2/c1-32-28-17-16-22(21-10-4-2-5-11-21)18-25(28)27-20-31-26(19-30(27)32)24-14-8-9-15-29(24)33(31)23-12-6-3-7-13-23/h2-20H,1H3. The summed E-state index contributed by atoms with van der Waals surface area (Å²) in [5, 5.41) is 5.16. The van der Waals surface area contributed by atoms with Crippen LogP contribution in [0.4, 0.5) is 0 Å². The first-order valence-corrected chi connectivity index (χ1v) is 11.4. The van der Waals surface area contributed by atoms with E-state index in [9.17, 15) is 0 Å². The number of rotatable bonds is 2. The van der Waals surface area contributed by atoms with Crippen LogP contribution in [-0.2, 0) is 7.05 Å². The minimum Gasteiger partial charge on any atom is -0.344 e. The van der Waals surface area contributed by atoms with Gasteiger partial charge >= 0.3 is 0 Å². The van der Waals surface area contributed by atoms with Gasteiger partial charge in [-0.25, -0.2) is 0 Å². The Morgan fingerprint density at radius 1 is 0.424 bits per heavy atom. The molecule has 0 saturated carbocycles. The van der Waals surface area contributed by atoms with Crippen LogP contribution in [-0.4, -0.2) is 9.13 Å². The van der Waals surface area contributed by atoms with Gasteiger partial charge in [0.25, 0.3) is 0 Å². The summed E-state index contributed by atoms with van der Waals surface area (Å²) in [6, 6.07) is 41.6. The maximum absolute atomic E-state index is 2.39. The lowest BCUT2D eigenvalue weighted by molar-refractivity contribution is 1.02. The zero-order valence-corrected chi connectivity index (χ0v) is 18.4. The fourth-order valence-corrected chi connectivity index (χ4v) is 5.34. The van der Waals surface area contributed by atoms with Crippen LogP contribution < -0.4 is 0 Å². The molecule has 0 saturated heterocycles. The van der Waals surface area contributed by atoms with Crippen molar-refractivity contribution in [3.63, 3.8) is 0 Å². The van der Waals surface area contributed by atoms with Crippen molar-refractivity contribution in [2.45, 2.75) is 0 Å². The fourth-order valence-electron chi connectivity index (χ4n) is 5.34. The average molecular weight is 423 g/mol. The van der Waals surface area contributed by atoms with Gasteiger partial charge in [0.2, 0.25) is 0 Å². The largest absolute Gasteiger partial charge is 0.344 e. The van der Waals surface area contributed by atoms with Crippen LogP contribution in [0, 0.1) is 0 Å². The maximum atomic E-state index is 2.39. The first-order valence-electron chi connectivity index (χ1n) is 11.4. The molecule has 0 amide bonds. The van der Waals surface area contributed by atoms with Gasteiger partial charge in [0.05, 0.1) is 11.0 Å². The number of hydrogen-bond acceptors (Lipinski definition) is 0. The van der Waals surface area contributed by atoms with Crippen LogP contribution in [0.1, 0.15) is 0 Å². The van der Waals surface area contributed by atoms with Crippen LogP contribution in [0.3, 0.4) is 0 Å². The molecule has 2 nitrogen and oxygen atoms in total. The van der Waals surface area contributed by atoms with Gasteiger partial charge in [-0.1, -0.05) is 72.8 Å². The highest BCUT2D eigenvalue weighted by molar-refractivity contribution is 6.18. The van der Waals surface area contributed by atoms with Gasteiger partial charge in [-0.2, -0.15) is 0 Å². The van der Waals surface area contributed by atoms with Crippen molar-refractivity contribution < 1.29 is 0 Å². The van der Waals surface area contributed by atoms with Gasteiger partial charge in [-0.3, -0.25) is 0 Å². The Morgan fingerprint density at radius 3 is 1.88 bits per heavy atom. The molecular formula is C31H22N2. The molecule has 0 aliphatic rings. The molecule has 7 rings (SSSR count). The number of hydrogen-bond donors (Lipinski definition) is 0. The first-order chi connectivity index (χ1) is 16.3. The van der Waals surface area contributed by atoms with E-state index in [4.69, 9.17) is 0 Å². The Morgan fingerprint density at radius 2 is 1.06 bits per heavy atom. The maximum Gasteiger partial charge on any atom is 0.0548 e. The number of aromatic nitrogens is 2. The molecule has 156 valence electrons. The Bertz CT molecular complexity index is 1800. The summed E-state index contributed by atoms with van der Waals surface area (Å²) in [5.74, 6) is 0. The summed E-state index contributed by atoms with van der Waals surface area (Å²) >= 11 is 0. The highest BCUT2D eigenvalue weighted by atomic mass is 15.0. The topological polar surface area (TPSA) is 9.86 Å². The minimum absolute atomic E-state index is 1.19. The zero-order valence-electron chi connectivity index (χ0n) is 18.4. The molecule has 0 N–H and O–H groups in total. The number of aryl methyl sites for hydroxylation is 1. The summed E-state index contributed by atoms with van der Waals surface area (Å²) < 4.78 is 4.72. The van der Waals surface area contributed by atoms with Gasteiger partial charge in [0.1, 0.15) is 0 Å². The van der Waals surface area contributed by atoms with Crippen molar-refractivity contribution in [2.75, 3.05) is 0 Å². The molecule has 0 fully saturated rings. The van der Waals surface area contributed by atoms with Gasteiger partial charge < -0.3 is 9.13 Å². The van der Waals surface area contributed by atoms with Crippen molar-refractivity contribution >= 4 is 43.6 Å². The third-order valence-electron chi connectivity index (χ3n) is 6.92. The molecule has 33 heavy (non-hydrogen) atoms. The summed E-state index contributed by atoms with van der Waals surface area (Å²) in [5.41, 5.74) is 8.69.